The highest BCUT2D eigenvalue weighted by Gasteiger charge is 2.17. The Labute approximate surface area is 134 Å². The maximum Gasteiger partial charge on any atom is 0.265 e. The molecule has 3 rings (SSSR count). The summed E-state index contributed by atoms with van der Waals surface area (Å²) in [6, 6.07) is 9.41. The maximum absolute atomic E-state index is 12.3. The van der Waals surface area contributed by atoms with Crippen molar-refractivity contribution in [1.82, 2.24) is 0 Å². The first-order chi connectivity index (χ1) is 10.8. The van der Waals surface area contributed by atoms with E-state index in [1.807, 2.05) is 30.3 Å². The Hall–Kier alpha value is -1.85. The van der Waals surface area contributed by atoms with E-state index in [1.54, 1.807) is 11.3 Å². The molecule has 0 atom stereocenters. The highest BCUT2D eigenvalue weighted by atomic mass is 32.1. The Balaban J connectivity index is 1.64. The van der Waals surface area contributed by atoms with E-state index in [0.717, 1.165) is 29.2 Å². The molecule has 0 spiro atoms. The number of carbonyl (C=O) groups is 1. The molecule has 1 aliphatic rings. The number of carbonyl (C=O) groups excluding carboxylic acids is 1. The maximum atomic E-state index is 12.3. The number of hydrogen-bond acceptors (Lipinski definition) is 4. The average Bonchev–Trinajstić information content (AvgIpc) is 2.98. The van der Waals surface area contributed by atoms with Gasteiger partial charge in [-0.15, -0.1) is 11.3 Å². The number of benzene rings is 1. The molecule has 2 aromatic rings. The van der Waals surface area contributed by atoms with Crippen LogP contribution >= 0.6 is 11.3 Å². The van der Waals surface area contributed by atoms with Gasteiger partial charge in [0.25, 0.3) is 5.91 Å². The Bertz CT molecular complexity index is 626. The van der Waals surface area contributed by atoms with Crippen molar-refractivity contribution in [1.29, 1.82) is 0 Å². The van der Waals surface area contributed by atoms with Crippen LogP contribution < -0.4 is 15.8 Å². The molecule has 0 fully saturated rings. The van der Waals surface area contributed by atoms with Crippen molar-refractivity contribution >= 4 is 22.9 Å². The second-order valence-electron chi connectivity index (χ2n) is 5.38. The Morgan fingerprint density at radius 3 is 2.73 bits per heavy atom. The van der Waals surface area contributed by atoms with Crippen LogP contribution in [0.2, 0.25) is 0 Å². The molecule has 0 radical (unpaired) electrons. The monoisotopic (exact) mass is 316 g/mol. The first-order valence-corrected chi connectivity index (χ1v) is 8.44. The van der Waals surface area contributed by atoms with E-state index in [1.165, 1.54) is 23.3 Å². The number of amides is 1. The summed E-state index contributed by atoms with van der Waals surface area (Å²) in [6.07, 6.45) is 4.68. The number of hydrogen-bond donors (Lipinski definition) is 2. The van der Waals surface area contributed by atoms with Gasteiger partial charge in [-0.1, -0.05) is 0 Å². The van der Waals surface area contributed by atoms with Crippen molar-refractivity contribution in [3.05, 3.63) is 45.6 Å². The minimum atomic E-state index is -0.0324. The standard InChI is InChI=1S/C17H20N2O2S/c18-9-10-21-14-7-5-13(6-8-14)19-17(20)16-11-12-3-1-2-4-15(12)22-16/h5-8,11H,1-4,9-10,18H2,(H,19,20). The van der Waals surface area contributed by atoms with Crippen LogP contribution in [0, 0.1) is 0 Å². The topological polar surface area (TPSA) is 64.3 Å². The van der Waals surface area contributed by atoms with Gasteiger partial charge in [-0.05, 0) is 61.6 Å². The molecule has 1 aromatic carbocycles. The Morgan fingerprint density at radius 2 is 2.00 bits per heavy atom. The minimum Gasteiger partial charge on any atom is -0.492 e. The normalized spacial score (nSPS) is 13.5. The van der Waals surface area contributed by atoms with E-state index < -0.39 is 0 Å². The highest BCUT2D eigenvalue weighted by Crippen LogP contribution is 2.30. The third kappa shape index (κ3) is 3.48. The zero-order chi connectivity index (χ0) is 15.4. The molecule has 22 heavy (non-hydrogen) atoms. The first-order valence-electron chi connectivity index (χ1n) is 7.62. The van der Waals surface area contributed by atoms with Crippen LogP contribution in [0.3, 0.4) is 0 Å². The van der Waals surface area contributed by atoms with E-state index in [2.05, 4.69) is 5.32 Å². The van der Waals surface area contributed by atoms with Crippen molar-refractivity contribution < 1.29 is 9.53 Å². The summed E-state index contributed by atoms with van der Waals surface area (Å²) in [7, 11) is 0. The van der Waals surface area contributed by atoms with Gasteiger partial charge in [-0.2, -0.15) is 0 Å². The van der Waals surface area contributed by atoms with Gasteiger partial charge in [-0.25, -0.2) is 0 Å². The number of nitrogens with one attached hydrogen (secondary N) is 1. The third-order valence-electron chi connectivity index (χ3n) is 3.72. The SMILES string of the molecule is NCCOc1ccc(NC(=O)c2cc3c(s2)CCCC3)cc1. The smallest absolute Gasteiger partial charge is 0.265 e. The molecule has 0 saturated heterocycles. The van der Waals surface area contributed by atoms with Gasteiger partial charge in [-0.3, -0.25) is 4.79 Å². The van der Waals surface area contributed by atoms with E-state index in [0.29, 0.717) is 13.2 Å². The van der Waals surface area contributed by atoms with Crippen LogP contribution in [0.1, 0.15) is 33.0 Å². The number of fused-ring (bicyclic) bond motifs is 1. The van der Waals surface area contributed by atoms with Gasteiger partial charge < -0.3 is 15.8 Å². The molecule has 0 aliphatic heterocycles. The fraction of sp³-hybridized carbons (Fsp3) is 0.353. The first kappa shape index (κ1) is 15.1. The zero-order valence-corrected chi connectivity index (χ0v) is 13.2. The molecule has 4 nitrogen and oxygen atoms in total. The fourth-order valence-electron chi connectivity index (χ4n) is 2.61. The highest BCUT2D eigenvalue weighted by molar-refractivity contribution is 7.14. The molecule has 1 aliphatic carbocycles. The minimum absolute atomic E-state index is 0.0324. The summed E-state index contributed by atoms with van der Waals surface area (Å²) < 4.78 is 5.42. The summed E-state index contributed by atoms with van der Waals surface area (Å²) in [4.78, 5) is 14.5. The van der Waals surface area contributed by atoms with Crippen LogP contribution in [0.4, 0.5) is 5.69 Å². The number of rotatable bonds is 5. The summed E-state index contributed by atoms with van der Waals surface area (Å²) >= 11 is 1.63. The Kier molecular flexibility index (Phi) is 4.75. The number of nitrogens with two attached hydrogens (primary N) is 1. The molecule has 5 heteroatoms. The predicted octanol–water partition coefficient (Wildman–Crippen LogP) is 3.22. The molecular formula is C17H20N2O2S. The lowest BCUT2D eigenvalue weighted by atomic mass is 9.99. The van der Waals surface area contributed by atoms with Crippen LogP contribution in [0.25, 0.3) is 0 Å². The van der Waals surface area contributed by atoms with Crippen molar-refractivity contribution in [2.24, 2.45) is 5.73 Å². The fourth-order valence-corrected chi connectivity index (χ4v) is 3.76. The molecule has 0 unspecified atom stereocenters. The average molecular weight is 316 g/mol. The third-order valence-corrected chi connectivity index (χ3v) is 4.96. The molecule has 0 bridgehead atoms. The molecular weight excluding hydrogens is 296 g/mol. The van der Waals surface area contributed by atoms with Crippen LogP contribution in [0.5, 0.6) is 5.75 Å². The van der Waals surface area contributed by atoms with Crippen molar-refractivity contribution in [3.8, 4) is 5.75 Å². The largest absolute Gasteiger partial charge is 0.492 e. The summed E-state index contributed by atoms with van der Waals surface area (Å²) in [5.41, 5.74) is 7.53. The second kappa shape index (κ2) is 6.94. The van der Waals surface area contributed by atoms with Crippen LogP contribution in [-0.4, -0.2) is 19.1 Å². The molecule has 1 amide bonds. The van der Waals surface area contributed by atoms with Gasteiger partial charge in [0.05, 0.1) is 4.88 Å². The molecule has 116 valence electrons. The lowest BCUT2D eigenvalue weighted by molar-refractivity contribution is 0.103. The van der Waals surface area contributed by atoms with Gasteiger partial charge in [0.2, 0.25) is 0 Å². The Morgan fingerprint density at radius 1 is 1.23 bits per heavy atom. The number of thiophene rings is 1. The lowest BCUT2D eigenvalue weighted by Crippen LogP contribution is -2.11. The van der Waals surface area contributed by atoms with Gasteiger partial charge >= 0.3 is 0 Å². The van der Waals surface area contributed by atoms with Gasteiger partial charge in [0.1, 0.15) is 12.4 Å². The number of ether oxygens (including phenoxy) is 1. The summed E-state index contributed by atoms with van der Waals surface area (Å²) in [5, 5.41) is 2.94. The van der Waals surface area contributed by atoms with Crippen molar-refractivity contribution in [2.75, 3.05) is 18.5 Å². The van der Waals surface area contributed by atoms with Gasteiger partial charge in [0.15, 0.2) is 0 Å². The molecule has 3 N–H and O–H groups in total. The second-order valence-corrected chi connectivity index (χ2v) is 6.52. The summed E-state index contributed by atoms with van der Waals surface area (Å²) in [6.45, 7) is 0.980. The molecule has 0 saturated carbocycles. The number of anilines is 1. The molecule has 1 aromatic heterocycles. The zero-order valence-electron chi connectivity index (χ0n) is 12.4. The number of aryl methyl sites for hydroxylation is 2. The van der Waals surface area contributed by atoms with Gasteiger partial charge in [0, 0.05) is 17.1 Å². The van der Waals surface area contributed by atoms with E-state index >= 15 is 0 Å². The summed E-state index contributed by atoms with van der Waals surface area (Å²) in [5.74, 6) is 0.727. The van der Waals surface area contributed by atoms with E-state index in [9.17, 15) is 4.79 Å². The molecule has 1 heterocycles. The van der Waals surface area contributed by atoms with Crippen LogP contribution in [0.15, 0.2) is 30.3 Å². The lowest BCUT2D eigenvalue weighted by Gasteiger charge is -2.08. The van der Waals surface area contributed by atoms with E-state index in [-0.39, 0.29) is 5.91 Å². The van der Waals surface area contributed by atoms with E-state index in [4.69, 9.17) is 10.5 Å². The van der Waals surface area contributed by atoms with Crippen LogP contribution in [-0.2, 0) is 12.8 Å². The predicted molar refractivity (Wildman–Crippen MR) is 89.9 cm³/mol. The van der Waals surface area contributed by atoms with Crippen molar-refractivity contribution in [3.63, 3.8) is 0 Å². The quantitative estimate of drug-likeness (QED) is 0.890. The van der Waals surface area contributed by atoms with Crippen molar-refractivity contribution in [2.45, 2.75) is 25.7 Å².